The second kappa shape index (κ2) is 12.0. The van der Waals surface area contributed by atoms with Crippen LogP contribution in [0.1, 0.15) is 150 Å². The van der Waals surface area contributed by atoms with Gasteiger partial charge in [0.2, 0.25) is 0 Å². The van der Waals surface area contributed by atoms with Crippen molar-refractivity contribution in [2.45, 2.75) is 137 Å². The summed E-state index contributed by atoms with van der Waals surface area (Å²) >= 11 is 0. The van der Waals surface area contributed by atoms with Crippen molar-refractivity contribution >= 4 is 0 Å². The van der Waals surface area contributed by atoms with E-state index in [9.17, 15) is 15.3 Å². The molecule has 0 heterocycles. The normalized spacial score (nSPS) is 13.6. The molecule has 1 atom stereocenters. The number of phenolic OH excluding ortho intramolecular Hbond substituents is 3. The number of aromatic hydroxyl groups is 3. The molecule has 3 heteroatoms. The van der Waals surface area contributed by atoms with Crippen LogP contribution in [0.3, 0.4) is 0 Å². The molecule has 0 aliphatic heterocycles. The van der Waals surface area contributed by atoms with Crippen LogP contribution in [0.5, 0.6) is 17.2 Å². The third kappa shape index (κ3) is 7.16. The molecule has 42 heavy (non-hydrogen) atoms. The quantitative estimate of drug-likeness (QED) is 0.264. The van der Waals surface area contributed by atoms with Crippen molar-refractivity contribution in [3.05, 3.63) is 86.5 Å². The highest BCUT2D eigenvalue weighted by atomic mass is 16.3. The van der Waals surface area contributed by atoms with Crippen LogP contribution < -0.4 is 0 Å². The standard InChI is InChI=1S/C39H56O3/c1-14-15-26(27-20-31(37(5,6)7)34(40)16-23(27)2)19-30(28-21-32(38(8,9)10)35(41)17-24(28)3)29-22-33(39(11,12)13)36(42)18-25(29)4/h16-18,20-22,26,30,40-42H,14-15,19H2,1-13H3. The maximum Gasteiger partial charge on any atom is 0.119 e. The highest BCUT2D eigenvalue weighted by Gasteiger charge is 2.30. The van der Waals surface area contributed by atoms with Crippen molar-refractivity contribution in [3.63, 3.8) is 0 Å². The maximum absolute atomic E-state index is 11.0. The smallest absolute Gasteiger partial charge is 0.119 e. The van der Waals surface area contributed by atoms with E-state index in [4.69, 9.17) is 0 Å². The van der Waals surface area contributed by atoms with Crippen molar-refractivity contribution in [1.29, 1.82) is 0 Å². The zero-order valence-corrected chi connectivity index (χ0v) is 28.6. The Morgan fingerprint density at radius 3 is 1.14 bits per heavy atom. The third-order valence-electron chi connectivity index (χ3n) is 8.93. The first-order valence-corrected chi connectivity index (χ1v) is 15.7. The van der Waals surface area contributed by atoms with Gasteiger partial charge in [-0.15, -0.1) is 0 Å². The van der Waals surface area contributed by atoms with Gasteiger partial charge in [-0.3, -0.25) is 0 Å². The van der Waals surface area contributed by atoms with E-state index >= 15 is 0 Å². The second-order valence-electron chi connectivity index (χ2n) is 15.7. The van der Waals surface area contributed by atoms with E-state index in [1.54, 1.807) is 0 Å². The summed E-state index contributed by atoms with van der Waals surface area (Å²) in [6, 6.07) is 12.5. The summed E-state index contributed by atoms with van der Waals surface area (Å²) in [6.45, 7) is 27.9. The molecule has 0 saturated carbocycles. The first-order chi connectivity index (χ1) is 19.2. The third-order valence-corrected chi connectivity index (χ3v) is 8.93. The molecule has 3 aromatic carbocycles. The molecule has 0 saturated heterocycles. The van der Waals surface area contributed by atoms with Crippen molar-refractivity contribution in [2.24, 2.45) is 0 Å². The van der Waals surface area contributed by atoms with Gasteiger partial charge in [-0.1, -0.05) is 93.9 Å². The molecule has 0 amide bonds. The molecular weight excluding hydrogens is 516 g/mol. The molecule has 0 spiro atoms. The fraction of sp³-hybridized carbons (Fsp3) is 0.538. The molecule has 0 aliphatic carbocycles. The number of aryl methyl sites for hydroxylation is 3. The van der Waals surface area contributed by atoms with E-state index in [0.29, 0.717) is 17.2 Å². The van der Waals surface area contributed by atoms with Gasteiger partial charge in [0.05, 0.1) is 0 Å². The lowest BCUT2D eigenvalue weighted by atomic mass is 9.72. The highest BCUT2D eigenvalue weighted by Crippen LogP contribution is 2.46. The first-order valence-electron chi connectivity index (χ1n) is 15.7. The van der Waals surface area contributed by atoms with Crippen LogP contribution in [0.2, 0.25) is 0 Å². The largest absolute Gasteiger partial charge is 0.508 e. The summed E-state index contributed by atoms with van der Waals surface area (Å²) in [5, 5.41) is 32.9. The SMILES string of the molecule is CCCC(CC(c1cc(C(C)(C)C)c(O)cc1C)c1cc(C(C)(C)C)c(O)cc1C)c1cc(C(C)(C)C)c(O)cc1C. The van der Waals surface area contributed by atoms with Crippen LogP contribution in [-0.2, 0) is 16.2 Å². The van der Waals surface area contributed by atoms with E-state index in [1.165, 1.54) is 16.7 Å². The summed E-state index contributed by atoms with van der Waals surface area (Å²) in [6.07, 6.45) is 2.96. The molecule has 0 aliphatic rings. The highest BCUT2D eigenvalue weighted by molar-refractivity contribution is 5.53. The Morgan fingerprint density at radius 1 is 0.524 bits per heavy atom. The number of benzene rings is 3. The molecule has 3 rings (SSSR count). The molecule has 0 radical (unpaired) electrons. The van der Waals surface area contributed by atoms with Crippen molar-refractivity contribution < 1.29 is 15.3 Å². The predicted molar refractivity (Wildman–Crippen MR) is 179 cm³/mol. The number of rotatable bonds is 7. The van der Waals surface area contributed by atoms with E-state index in [1.807, 2.05) is 18.2 Å². The summed E-state index contributed by atoms with van der Waals surface area (Å²) < 4.78 is 0. The van der Waals surface area contributed by atoms with Crippen LogP contribution in [0.25, 0.3) is 0 Å². The maximum atomic E-state index is 11.0. The molecule has 230 valence electrons. The van der Waals surface area contributed by atoms with Crippen molar-refractivity contribution in [2.75, 3.05) is 0 Å². The number of phenols is 3. The van der Waals surface area contributed by atoms with E-state index in [0.717, 1.165) is 52.6 Å². The van der Waals surface area contributed by atoms with Crippen LogP contribution in [0.15, 0.2) is 36.4 Å². The Bertz CT molecular complexity index is 1350. The Hall–Kier alpha value is -2.94. The van der Waals surface area contributed by atoms with Gasteiger partial charge in [0.1, 0.15) is 17.2 Å². The molecule has 3 N–H and O–H groups in total. The lowest BCUT2D eigenvalue weighted by molar-refractivity contribution is 0.443. The van der Waals surface area contributed by atoms with Gasteiger partial charge in [0.15, 0.2) is 0 Å². The minimum absolute atomic E-state index is 0.0521. The van der Waals surface area contributed by atoms with Crippen LogP contribution in [-0.4, -0.2) is 15.3 Å². The first kappa shape index (κ1) is 33.6. The monoisotopic (exact) mass is 572 g/mol. The topological polar surface area (TPSA) is 60.7 Å². The average molecular weight is 573 g/mol. The molecule has 0 fully saturated rings. The van der Waals surface area contributed by atoms with Crippen molar-refractivity contribution in [1.82, 2.24) is 0 Å². The van der Waals surface area contributed by atoms with E-state index in [2.05, 4.69) is 108 Å². The zero-order valence-electron chi connectivity index (χ0n) is 28.6. The fourth-order valence-electron chi connectivity index (χ4n) is 6.58. The minimum Gasteiger partial charge on any atom is -0.508 e. The summed E-state index contributed by atoms with van der Waals surface area (Å²) in [5.74, 6) is 1.36. The molecular formula is C39H56O3. The summed E-state index contributed by atoms with van der Waals surface area (Å²) in [7, 11) is 0. The van der Waals surface area contributed by atoms with Gasteiger partial charge in [0.25, 0.3) is 0 Å². The van der Waals surface area contributed by atoms with Gasteiger partial charge < -0.3 is 15.3 Å². The van der Waals surface area contributed by atoms with E-state index < -0.39 is 0 Å². The number of hydrogen-bond acceptors (Lipinski definition) is 3. The van der Waals surface area contributed by atoms with Crippen LogP contribution in [0.4, 0.5) is 0 Å². The lowest BCUT2D eigenvalue weighted by Crippen LogP contribution is -2.18. The molecule has 3 nitrogen and oxygen atoms in total. The summed E-state index contributed by atoms with van der Waals surface area (Å²) in [4.78, 5) is 0. The Labute approximate surface area is 256 Å². The average Bonchev–Trinajstić information content (AvgIpc) is 2.80. The van der Waals surface area contributed by atoms with Gasteiger partial charge in [-0.2, -0.15) is 0 Å². The lowest BCUT2D eigenvalue weighted by Gasteiger charge is -2.32. The fourth-order valence-corrected chi connectivity index (χ4v) is 6.58. The van der Waals surface area contributed by atoms with E-state index in [-0.39, 0.29) is 28.1 Å². The predicted octanol–water partition coefficient (Wildman–Crippen LogP) is 10.7. The number of hydrogen-bond donors (Lipinski definition) is 3. The van der Waals surface area contributed by atoms with Gasteiger partial charge in [-0.05, 0) is 124 Å². The van der Waals surface area contributed by atoms with Crippen molar-refractivity contribution in [3.8, 4) is 17.2 Å². The van der Waals surface area contributed by atoms with Crippen LogP contribution >= 0.6 is 0 Å². The molecule has 0 bridgehead atoms. The Kier molecular flexibility index (Phi) is 9.57. The zero-order chi connectivity index (χ0) is 31.9. The van der Waals surface area contributed by atoms with Gasteiger partial charge in [-0.25, -0.2) is 0 Å². The molecule has 0 aromatic heterocycles. The minimum atomic E-state index is -0.213. The molecule has 3 aromatic rings. The summed E-state index contributed by atoms with van der Waals surface area (Å²) in [5.41, 5.74) is 9.28. The van der Waals surface area contributed by atoms with Crippen LogP contribution in [0, 0.1) is 20.8 Å². The second-order valence-corrected chi connectivity index (χ2v) is 15.7. The van der Waals surface area contributed by atoms with Gasteiger partial charge in [0, 0.05) is 5.92 Å². The Balaban J connectivity index is 2.36. The van der Waals surface area contributed by atoms with Gasteiger partial charge >= 0.3 is 0 Å². The molecule has 1 unspecified atom stereocenters. The Morgan fingerprint density at radius 2 is 0.833 bits per heavy atom.